The van der Waals surface area contributed by atoms with E-state index in [1.54, 1.807) is 7.11 Å². The molecule has 0 saturated heterocycles. The molecule has 3 heteroatoms. The molecule has 0 radical (unpaired) electrons. The first-order valence-electron chi connectivity index (χ1n) is 5.83. The molecule has 0 aliphatic heterocycles. The Labute approximate surface area is 102 Å². The third-order valence-electron chi connectivity index (χ3n) is 2.83. The molecule has 0 aliphatic rings. The molecule has 1 unspecified atom stereocenters. The fraction of sp³-hybridized carbons (Fsp3) is 0.500. The highest BCUT2D eigenvalue weighted by Crippen LogP contribution is 2.28. The van der Waals surface area contributed by atoms with Crippen molar-refractivity contribution in [1.29, 1.82) is 0 Å². The summed E-state index contributed by atoms with van der Waals surface area (Å²) in [6, 6.07) is 5.58. The van der Waals surface area contributed by atoms with Gasteiger partial charge in [0.2, 0.25) is 0 Å². The molecule has 1 rings (SSSR count). The van der Waals surface area contributed by atoms with Gasteiger partial charge in [0.25, 0.3) is 0 Å². The predicted molar refractivity (Wildman–Crippen MR) is 67.6 cm³/mol. The van der Waals surface area contributed by atoms with Gasteiger partial charge in [-0.15, -0.1) is 0 Å². The Kier molecular flexibility index (Phi) is 4.55. The van der Waals surface area contributed by atoms with Crippen molar-refractivity contribution in [3.63, 3.8) is 0 Å². The minimum absolute atomic E-state index is 0.360. The number of benzene rings is 1. The van der Waals surface area contributed by atoms with E-state index in [-0.39, 0.29) is 0 Å². The first kappa shape index (κ1) is 13.6. The smallest absolute Gasteiger partial charge is 0.310 e. The number of rotatable bonds is 5. The third-order valence-corrected chi connectivity index (χ3v) is 2.83. The number of carbonyl (C=O) groups is 1. The van der Waals surface area contributed by atoms with Crippen LogP contribution < -0.4 is 4.74 Å². The van der Waals surface area contributed by atoms with Crippen LogP contribution in [0.3, 0.4) is 0 Å². The normalized spacial score (nSPS) is 12.5. The van der Waals surface area contributed by atoms with Crippen LogP contribution in [0.1, 0.15) is 37.3 Å². The number of aliphatic carboxylic acids is 1. The molecular weight excluding hydrogens is 216 g/mol. The maximum atomic E-state index is 11.3. The number of carboxylic acid groups (broad SMARTS) is 1. The van der Waals surface area contributed by atoms with E-state index in [1.165, 1.54) is 0 Å². The first-order valence-corrected chi connectivity index (χ1v) is 5.83. The zero-order valence-electron chi connectivity index (χ0n) is 10.9. The average Bonchev–Trinajstić information content (AvgIpc) is 2.25. The Bertz CT molecular complexity index is 396. The Morgan fingerprint density at radius 1 is 1.41 bits per heavy atom. The van der Waals surface area contributed by atoms with E-state index in [2.05, 4.69) is 0 Å². The monoisotopic (exact) mass is 236 g/mol. The van der Waals surface area contributed by atoms with Gasteiger partial charge in [0.05, 0.1) is 13.0 Å². The Morgan fingerprint density at radius 3 is 2.47 bits per heavy atom. The summed E-state index contributed by atoms with van der Waals surface area (Å²) in [7, 11) is 1.62. The summed E-state index contributed by atoms with van der Waals surface area (Å²) in [6.45, 7) is 6.00. The molecule has 17 heavy (non-hydrogen) atoms. The summed E-state index contributed by atoms with van der Waals surface area (Å²) in [4.78, 5) is 11.3. The van der Waals surface area contributed by atoms with E-state index in [9.17, 15) is 9.90 Å². The van der Waals surface area contributed by atoms with Crippen LogP contribution in [0.2, 0.25) is 0 Å². The summed E-state index contributed by atoms with van der Waals surface area (Å²) in [5.41, 5.74) is 1.82. The molecule has 3 nitrogen and oxygen atoms in total. The molecule has 0 saturated carbocycles. The summed E-state index contributed by atoms with van der Waals surface area (Å²) < 4.78 is 5.17. The van der Waals surface area contributed by atoms with Gasteiger partial charge in [-0.1, -0.05) is 26.0 Å². The van der Waals surface area contributed by atoms with Crippen molar-refractivity contribution in [2.75, 3.05) is 7.11 Å². The van der Waals surface area contributed by atoms with Gasteiger partial charge >= 0.3 is 5.97 Å². The molecule has 1 atom stereocenters. The molecule has 94 valence electrons. The van der Waals surface area contributed by atoms with Gasteiger partial charge in [-0.25, -0.2) is 0 Å². The first-order chi connectivity index (χ1) is 7.95. The average molecular weight is 236 g/mol. The van der Waals surface area contributed by atoms with Gasteiger partial charge in [-0.3, -0.25) is 4.79 Å². The molecule has 0 spiro atoms. The van der Waals surface area contributed by atoms with E-state index in [4.69, 9.17) is 4.74 Å². The van der Waals surface area contributed by atoms with Crippen molar-refractivity contribution in [2.45, 2.75) is 33.1 Å². The summed E-state index contributed by atoms with van der Waals surface area (Å²) in [5.74, 6) is -0.0381. The molecule has 0 fully saturated rings. The number of methoxy groups -OCH3 is 1. The van der Waals surface area contributed by atoms with E-state index in [0.717, 1.165) is 16.9 Å². The van der Waals surface area contributed by atoms with Gasteiger partial charge in [-0.05, 0) is 36.5 Å². The number of aryl methyl sites for hydroxylation is 1. The Morgan fingerprint density at radius 2 is 2.06 bits per heavy atom. The maximum Gasteiger partial charge on any atom is 0.310 e. The lowest BCUT2D eigenvalue weighted by Gasteiger charge is -2.16. The number of hydrogen-bond acceptors (Lipinski definition) is 2. The molecule has 0 aliphatic carbocycles. The standard InChI is InChI=1S/C14H20O3/c1-9(2)7-12(14(15)16)11-5-6-13(17-4)10(3)8-11/h5-6,8-9,12H,7H2,1-4H3,(H,15,16). The van der Waals surface area contributed by atoms with Crippen LogP contribution in [0.4, 0.5) is 0 Å². The summed E-state index contributed by atoms with van der Waals surface area (Å²) in [5, 5.41) is 9.26. The highest BCUT2D eigenvalue weighted by Gasteiger charge is 2.21. The van der Waals surface area contributed by atoms with Gasteiger partial charge in [0.15, 0.2) is 0 Å². The third kappa shape index (κ3) is 3.48. The van der Waals surface area contributed by atoms with Crippen LogP contribution in [0.5, 0.6) is 5.75 Å². The van der Waals surface area contributed by atoms with Crippen molar-refractivity contribution in [3.8, 4) is 5.75 Å². The SMILES string of the molecule is COc1ccc(C(CC(C)C)C(=O)O)cc1C. The molecule has 0 aromatic heterocycles. The van der Waals surface area contributed by atoms with E-state index in [1.807, 2.05) is 39.0 Å². The van der Waals surface area contributed by atoms with Crippen LogP contribution >= 0.6 is 0 Å². The Hall–Kier alpha value is -1.51. The molecular formula is C14H20O3. The molecule has 0 amide bonds. The largest absolute Gasteiger partial charge is 0.496 e. The van der Waals surface area contributed by atoms with Crippen LogP contribution in [0, 0.1) is 12.8 Å². The van der Waals surface area contributed by atoms with Crippen molar-refractivity contribution < 1.29 is 14.6 Å². The number of carboxylic acids is 1. The Balaban J connectivity index is 3.02. The van der Waals surface area contributed by atoms with Crippen molar-refractivity contribution in [2.24, 2.45) is 5.92 Å². The predicted octanol–water partition coefficient (Wildman–Crippen LogP) is 3.22. The van der Waals surface area contributed by atoms with E-state index in [0.29, 0.717) is 12.3 Å². The van der Waals surface area contributed by atoms with Gasteiger partial charge in [0.1, 0.15) is 5.75 Å². The van der Waals surface area contributed by atoms with E-state index >= 15 is 0 Å². The fourth-order valence-corrected chi connectivity index (χ4v) is 1.97. The fourth-order valence-electron chi connectivity index (χ4n) is 1.97. The van der Waals surface area contributed by atoms with Gasteiger partial charge < -0.3 is 9.84 Å². The van der Waals surface area contributed by atoms with Gasteiger partial charge in [-0.2, -0.15) is 0 Å². The van der Waals surface area contributed by atoms with Crippen molar-refractivity contribution >= 4 is 5.97 Å². The number of hydrogen-bond donors (Lipinski definition) is 1. The van der Waals surface area contributed by atoms with Crippen LogP contribution in [0.15, 0.2) is 18.2 Å². The lowest BCUT2D eigenvalue weighted by molar-refractivity contribution is -0.139. The quantitative estimate of drug-likeness (QED) is 0.853. The molecule has 1 N–H and O–H groups in total. The zero-order chi connectivity index (χ0) is 13.0. The van der Waals surface area contributed by atoms with Crippen LogP contribution in [0.25, 0.3) is 0 Å². The maximum absolute atomic E-state index is 11.3. The molecule has 1 aromatic rings. The van der Waals surface area contributed by atoms with Crippen molar-refractivity contribution in [1.82, 2.24) is 0 Å². The second kappa shape index (κ2) is 5.71. The highest BCUT2D eigenvalue weighted by atomic mass is 16.5. The molecule has 1 aromatic carbocycles. The lowest BCUT2D eigenvalue weighted by Crippen LogP contribution is -2.14. The lowest BCUT2D eigenvalue weighted by atomic mass is 9.89. The van der Waals surface area contributed by atoms with Crippen LogP contribution in [-0.2, 0) is 4.79 Å². The zero-order valence-corrected chi connectivity index (χ0v) is 10.9. The second-order valence-corrected chi connectivity index (χ2v) is 4.75. The highest BCUT2D eigenvalue weighted by molar-refractivity contribution is 5.76. The summed E-state index contributed by atoms with van der Waals surface area (Å²) in [6.07, 6.45) is 0.654. The molecule has 0 bridgehead atoms. The minimum Gasteiger partial charge on any atom is -0.496 e. The summed E-state index contributed by atoms with van der Waals surface area (Å²) >= 11 is 0. The van der Waals surface area contributed by atoms with Gasteiger partial charge in [0, 0.05) is 0 Å². The van der Waals surface area contributed by atoms with E-state index < -0.39 is 11.9 Å². The topological polar surface area (TPSA) is 46.5 Å². The minimum atomic E-state index is -0.761. The second-order valence-electron chi connectivity index (χ2n) is 4.75. The molecule has 0 heterocycles. The van der Waals surface area contributed by atoms with Crippen molar-refractivity contribution in [3.05, 3.63) is 29.3 Å². The number of ether oxygens (including phenoxy) is 1. The van der Waals surface area contributed by atoms with Crippen LogP contribution in [-0.4, -0.2) is 18.2 Å².